The fourth-order valence-electron chi connectivity index (χ4n) is 4.19. The number of carbonyl (C=O) groups excluding carboxylic acids is 2. The van der Waals surface area contributed by atoms with Gasteiger partial charge in [-0.15, -0.1) is 0 Å². The highest BCUT2D eigenvalue weighted by molar-refractivity contribution is 5.97. The quantitative estimate of drug-likeness (QED) is 0.773. The van der Waals surface area contributed by atoms with Crippen LogP contribution in [-0.4, -0.2) is 52.0 Å². The van der Waals surface area contributed by atoms with Crippen molar-refractivity contribution in [3.8, 4) is 0 Å². The highest BCUT2D eigenvalue weighted by atomic mass is 16.2. The van der Waals surface area contributed by atoms with Gasteiger partial charge in [-0.2, -0.15) is 0 Å². The first-order valence-corrected chi connectivity index (χ1v) is 9.60. The molecule has 7 heteroatoms. The van der Waals surface area contributed by atoms with E-state index >= 15 is 0 Å². The predicted octanol–water partition coefficient (Wildman–Crippen LogP) is 2.37. The number of nitrogens with zero attached hydrogens (tertiary/aromatic N) is 2. The lowest BCUT2D eigenvalue weighted by Gasteiger charge is -2.27. The van der Waals surface area contributed by atoms with Crippen LogP contribution in [0, 0.1) is 17.8 Å². The third kappa shape index (κ3) is 3.77. The Hall–Kier alpha value is -2.57. The Morgan fingerprint density at radius 3 is 2.70 bits per heavy atom. The van der Waals surface area contributed by atoms with Crippen molar-refractivity contribution in [1.29, 1.82) is 0 Å². The smallest absolute Gasteiger partial charge is 0.317 e. The number of amides is 3. The van der Waals surface area contributed by atoms with E-state index in [4.69, 9.17) is 0 Å². The van der Waals surface area contributed by atoms with Crippen molar-refractivity contribution < 1.29 is 9.59 Å². The van der Waals surface area contributed by atoms with E-state index in [1.807, 2.05) is 37.8 Å². The van der Waals surface area contributed by atoms with Gasteiger partial charge in [-0.05, 0) is 57.1 Å². The number of aromatic amines is 1. The molecule has 2 fully saturated rings. The van der Waals surface area contributed by atoms with Crippen LogP contribution in [0.2, 0.25) is 0 Å². The molecule has 1 unspecified atom stereocenters. The van der Waals surface area contributed by atoms with Crippen LogP contribution in [0.15, 0.2) is 24.5 Å². The Kier molecular flexibility index (Phi) is 4.32. The Bertz CT molecular complexity index is 824. The molecule has 3 amide bonds. The first-order valence-electron chi connectivity index (χ1n) is 9.60. The van der Waals surface area contributed by atoms with Gasteiger partial charge in [0, 0.05) is 48.5 Å². The first kappa shape index (κ1) is 17.8. The van der Waals surface area contributed by atoms with Gasteiger partial charge < -0.3 is 20.5 Å². The third-order valence-corrected chi connectivity index (χ3v) is 5.57. The molecule has 0 aromatic carbocycles. The largest absolute Gasteiger partial charge is 0.351 e. The Balaban J connectivity index is 1.21. The zero-order valence-electron chi connectivity index (χ0n) is 16.1. The summed E-state index contributed by atoms with van der Waals surface area (Å²) in [6.07, 6.45) is 4.42. The van der Waals surface area contributed by atoms with Crippen molar-refractivity contribution in [2.45, 2.75) is 32.7 Å². The molecule has 1 aliphatic heterocycles. The molecule has 1 aliphatic carbocycles. The minimum Gasteiger partial charge on any atom is -0.351 e. The molecular formula is C20H27N5O2. The summed E-state index contributed by atoms with van der Waals surface area (Å²) < 4.78 is 0. The number of piperidine rings is 1. The number of hydrogen-bond acceptors (Lipinski definition) is 3. The second-order valence-electron chi connectivity index (χ2n) is 8.77. The number of urea groups is 1. The van der Waals surface area contributed by atoms with Crippen LogP contribution in [0.25, 0.3) is 10.9 Å². The summed E-state index contributed by atoms with van der Waals surface area (Å²) in [4.78, 5) is 33.6. The van der Waals surface area contributed by atoms with E-state index in [2.05, 4.69) is 20.6 Å². The molecule has 144 valence electrons. The topological polar surface area (TPSA) is 90.1 Å². The molecular weight excluding hydrogens is 342 g/mol. The number of hydrogen-bond donors (Lipinski definition) is 3. The maximum absolute atomic E-state index is 12.3. The monoisotopic (exact) mass is 369 g/mol. The van der Waals surface area contributed by atoms with Gasteiger partial charge in [-0.25, -0.2) is 4.79 Å². The maximum Gasteiger partial charge on any atom is 0.317 e. The number of H-pyrrole nitrogens is 1. The second kappa shape index (κ2) is 6.55. The van der Waals surface area contributed by atoms with E-state index in [1.54, 1.807) is 12.4 Å². The molecule has 3 atom stereocenters. The average Bonchev–Trinajstić information content (AvgIpc) is 3.00. The number of likely N-dealkylation sites (tertiary alicyclic amines) is 1. The fourth-order valence-corrected chi connectivity index (χ4v) is 4.19. The van der Waals surface area contributed by atoms with Gasteiger partial charge in [0.05, 0.1) is 0 Å². The lowest BCUT2D eigenvalue weighted by atomic mass is 10.1. The van der Waals surface area contributed by atoms with Gasteiger partial charge in [-0.1, -0.05) is 0 Å². The van der Waals surface area contributed by atoms with E-state index in [0.717, 1.165) is 30.4 Å². The van der Waals surface area contributed by atoms with Crippen molar-refractivity contribution in [3.63, 3.8) is 0 Å². The van der Waals surface area contributed by atoms with E-state index in [1.165, 1.54) is 0 Å². The van der Waals surface area contributed by atoms with Crippen molar-refractivity contribution >= 4 is 22.8 Å². The van der Waals surface area contributed by atoms with Crippen molar-refractivity contribution in [2.24, 2.45) is 17.8 Å². The number of carbonyl (C=O) groups is 2. The van der Waals surface area contributed by atoms with Crippen LogP contribution in [0.3, 0.4) is 0 Å². The number of rotatable bonds is 4. The lowest BCUT2D eigenvalue weighted by Crippen LogP contribution is -2.48. The van der Waals surface area contributed by atoms with Crippen molar-refractivity contribution in [3.05, 3.63) is 30.2 Å². The minimum atomic E-state index is -0.202. The average molecular weight is 369 g/mol. The predicted molar refractivity (Wildman–Crippen MR) is 103 cm³/mol. The molecule has 1 saturated carbocycles. The Morgan fingerprint density at radius 1 is 1.30 bits per heavy atom. The number of nitrogens with one attached hydrogen (secondary N) is 3. The van der Waals surface area contributed by atoms with Crippen LogP contribution in [-0.2, 0) is 0 Å². The van der Waals surface area contributed by atoms with Gasteiger partial charge >= 0.3 is 6.03 Å². The van der Waals surface area contributed by atoms with E-state index < -0.39 is 0 Å². The van der Waals surface area contributed by atoms with Crippen LogP contribution < -0.4 is 10.6 Å². The molecule has 0 spiro atoms. The van der Waals surface area contributed by atoms with Crippen molar-refractivity contribution in [2.75, 3.05) is 19.6 Å². The molecule has 2 aromatic rings. The first-order chi connectivity index (χ1) is 12.8. The molecule has 27 heavy (non-hydrogen) atoms. The highest BCUT2D eigenvalue weighted by Gasteiger charge is 2.55. The molecule has 2 aromatic heterocycles. The van der Waals surface area contributed by atoms with Gasteiger partial charge in [-0.3, -0.25) is 9.78 Å². The summed E-state index contributed by atoms with van der Waals surface area (Å²) in [5.41, 5.74) is 1.28. The van der Waals surface area contributed by atoms with Crippen LogP contribution >= 0.6 is 0 Å². The minimum absolute atomic E-state index is 0.0371. The lowest BCUT2D eigenvalue weighted by molar-refractivity contribution is 0.0948. The normalized spacial score (nSPS) is 24.0. The van der Waals surface area contributed by atoms with Gasteiger partial charge in [0.15, 0.2) is 0 Å². The molecule has 3 N–H and O–H groups in total. The third-order valence-electron chi connectivity index (χ3n) is 5.57. The summed E-state index contributed by atoms with van der Waals surface area (Å²) in [7, 11) is 0. The SMILES string of the molecule is CC(C)(C)NC(=O)N1C[C@@H]2C(CCNC(=O)c3cc4cnccc4[nH]3)[C@@H]2C1. The Labute approximate surface area is 158 Å². The molecule has 1 saturated heterocycles. The molecule has 4 rings (SSSR count). The fraction of sp³-hybridized carbons (Fsp3) is 0.550. The molecule has 2 aliphatic rings. The maximum atomic E-state index is 12.3. The Morgan fingerprint density at radius 2 is 2.04 bits per heavy atom. The van der Waals surface area contributed by atoms with Crippen LogP contribution in [0.4, 0.5) is 4.79 Å². The van der Waals surface area contributed by atoms with Gasteiger partial charge in [0.1, 0.15) is 5.69 Å². The van der Waals surface area contributed by atoms with E-state index in [9.17, 15) is 9.59 Å². The molecule has 0 bridgehead atoms. The standard InChI is InChI=1S/C20H27N5O2/c1-20(2,3)24-19(27)25-10-14-13(15(14)11-25)4-7-22-18(26)17-8-12-9-21-6-5-16(12)23-17/h5-6,8-9,13-15,23H,4,7,10-11H2,1-3H3,(H,22,26)(H,24,27)/t13?,14-,15+. The van der Waals surface area contributed by atoms with Gasteiger partial charge in [0.2, 0.25) is 0 Å². The second-order valence-corrected chi connectivity index (χ2v) is 8.77. The zero-order valence-corrected chi connectivity index (χ0v) is 16.1. The van der Waals surface area contributed by atoms with Crippen LogP contribution in [0.1, 0.15) is 37.7 Å². The molecule has 0 radical (unpaired) electrons. The van der Waals surface area contributed by atoms with Crippen LogP contribution in [0.5, 0.6) is 0 Å². The van der Waals surface area contributed by atoms with Crippen molar-refractivity contribution in [1.82, 2.24) is 25.5 Å². The van der Waals surface area contributed by atoms with E-state index in [0.29, 0.717) is 30.0 Å². The summed E-state index contributed by atoms with van der Waals surface area (Å²) in [5, 5.41) is 6.97. The number of fused-ring (bicyclic) bond motifs is 2. The molecule has 7 nitrogen and oxygen atoms in total. The summed E-state index contributed by atoms with van der Waals surface area (Å²) in [6.45, 7) is 8.32. The highest BCUT2D eigenvalue weighted by Crippen LogP contribution is 2.53. The number of aromatic nitrogens is 2. The van der Waals surface area contributed by atoms with E-state index in [-0.39, 0.29) is 17.5 Å². The number of pyridine rings is 1. The molecule has 3 heterocycles. The zero-order chi connectivity index (χ0) is 19.2. The summed E-state index contributed by atoms with van der Waals surface area (Å²) in [6, 6.07) is 3.73. The summed E-state index contributed by atoms with van der Waals surface area (Å²) in [5.74, 6) is 1.72. The summed E-state index contributed by atoms with van der Waals surface area (Å²) >= 11 is 0. The van der Waals surface area contributed by atoms with Gasteiger partial charge in [0.25, 0.3) is 5.91 Å².